The number of carbonyl (C=O) groups is 1. The van der Waals surface area contributed by atoms with Crippen molar-refractivity contribution in [3.8, 4) is 28.7 Å². The number of fused-ring (bicyclic) bond motifs is 1. The quantitative estimate of drug-likeness (QED) is 0.324. The van der Waals surface area contributed by atoms with Gasteiger partial charge < -0.3 is 50.0 Å². The van der Waals surface area contributed by atoms with Crippen LogP contribution in [0.4, 0.5) is 0 Å². The third-order valence-corrected chi connectivity index (χ3v) is 5.46. The van der Waals surface area contributed by atoms with E-state index in [1.54, 1.807) is 12.1 Å². The minimum Gasteiger partial charge on any atom is -0.508 e. The van der Waals surface area contributed by atoms with Gasteiger partial charge in [-0.1, -0.05) is 12.1 Å². The molecule has 2 aromatic rings. The van der Waals surface area contributed by atoms with Crippen LogP contribution in [0.25, 0.3) is 0 Å². The van der Waals surface area contributed by atoms with Crippen molar-refractivity contribution in [3.63, 3.8) is 0 Å². The molecule has 0 radical (unpaired) electrons. The predicted octanol–water partition coefficient (Wildman–Crippen LogP) is -0.311. The number of aliphatic hydroxyl groups excluding tert-OH is 4. The fourth-order valence-corrected chi connectivity index (χ4v) is 3.71. The van der Waals surface area contributed by atoms with E-state index in [0.717, 1.165) is 6.07 Å². The summed E-state index contributed by atoms with van der Waals surface area (Å²) in [6, 6.07) is 7.08. The Labute approximate surface area is 181 Å². The molecular formula is C21H22O11. The van der Waals surface area contributed by atoms with Gasteiger partial charge in [-0.3, -0.25) is 4.79 Å². The highest BCUT2D eigenvalue weighted by Gasteiger charge is 2.45. The lowest BCUT2D eigenvalue weighted by Crippen LogP contribution is -2.60. The summed E-state index contributed by atoms with van der Waals surface area (Å²) in [6.45, 7) is -0.696. The summed E-state index contributed by atoms with van der Waals surface area (Å²) in [7, 11) is 0. The van der Waals surface area contributed by atoms with Gasteiger partial charge in [0.1, 0.15) is 47.6 Å². The Morgan fingerprint density at radius 2 is 1.69 bits per heavy atom. The molecule has 2 aromatic carbocycles. The number of carbonyl (C=O) groups excluding carboxylic acids is 1. The monoisotopic (exact) mass is 450 g/mol. The van der Waals surface area contributed by atoms with Crippen LogP contribution in [0, 0.1) is 0 Å². The summed E-state index contributed by atoms with van der Waals surface area (Å²) in [5.74, 6) is -2.57. The molecule has 7 N–H and O–H groups in total. The Morgan fingerprint density at radius 3 is 2.34 bits per heavy atom. The fraction of sp³-hybridized carbons (Fsp3) is 0.381. The number of ether oxygens (including phenoxy) is 3. The number of ketones is 1. The van der Waals surface area contributed by atoms with Crippen LogP contribution >= 0.6 is 0 Å². The summed E-state index contributed by atoms with van der Waals surface area (Å²) in [5.41, 5.74) is 0.347. The average molecular weight is 450 g/mol. The van der Waals surface area contributed by atoms with Gasteiger partial charge in [-0.2, -0.15) is 0 Å². The van der Waals surface area contributed by atoms with E-state index < -0.39 is 66.4 Å². The molecule has 32 heavy (non-hydrogen) atoms. The van der Waals surface area contributed by atoms with Crippen molar-refractivity contribution in [1.82, 2.24) is 0 Å². The summed E-state index contributed by atoms with van der Waals surface area (Å²) >= 11 is 0. The molecule has 0 spiro atoms. The zero-order valence-electron chi connectivity index (χ0n) is 16.5. The molecule has 11 heteroatoms. The second kappa shape index (κ2) is 8.45. The number of phenols is 3. The molecule has 4 rings (SSSR count). The zero-order chi connectivity index (χ0) is 23.2. The molecule has 2 aliphatic heterocycles. The number of phenolic OH excluding ortho intramolecular Hbond substituents is 3. The SMILES string of the molecule is O=C1CC(c2ccc(O)cc2)Oc2cc(O)c(O[C@H]3O[C@@H](CO)[C@H](O)[C@@H](O)[C@@H]3O)c(O)c21. The Hall–Kier alpha value is -3.09. The van der Waals surface area contributed by atoms with Crippen molar-refractivity contribution in [2.24, 2.45) is 0 Å². The van der Waals surface area contributed by atoms with Gasteiger partial charge in [-0.05, 0) is 17.7 Å². The highest BCUT2D eigenvalue weighted by molar-refractivity contribution is 6.03. The van der Waals surface area contributed by atoms with Gasteiger partial charge in [0, 0.05) is 6.07 Å². The average Bonchev–Trinajstić information content (AvgIpc) is 2.76. The van der Waals surface area contributed by atoms with E-state index in [-0.39, 0.29) is 23.5 Å². The van der Waals surface area contributed by atoms with Crippen LogP contribution in [0.5, 0.6) is 28.7 Å². The maximum atomic E-state index is 12.8. The van der Waals surface area contributed by atoms with Gasteiger partial charge in [-0.15, -0.1) is 0 Å². The lowest BCUT2D eigenvalue weighted by atomic mass is 9.95. The van der Waals surface area contributed by atoms with E-state index in [0.29, 0.717) is 5.56 Å². The Kier molecular flexibility index (Phi) is 5.84. The largest absolute Gasteiger partial charge is 0.508 e. The van der Waals surface area contributed by atoms with Crippen molar-refractivity contribution in [2.45, 2.75) is 43.2 Å². The minimum absolute atomic E-state index is 0.0431. The second-order valence-electron chi connectivity index (χ2n) is 7.59. The molecule has 0 saturated carbocycles. The number of hydrogen-bond acceptors (Lipinski definition) is 11. The Bertz CT molecular complexity index is 1000. The molecule has 2 heterocycles. The fourth-order valence-electron chi connectivity index (χ4n) is 3.71. The first-order valence-corrected chi connectivity index (χ1v) is 9.76. The van der Waals surface area contributed by atoms with E-state index >= 15 is 0 Å². The Balaban J connectivity index is 1.62. The van der Waals surface area contributed by atoms with Crippen LogP contribution in [0.1, 0.15) is 28.4 Å². The normalized spacial score (nSPS) is 29.8. The van der Waals surface area contributed by atoms with Crippen molar-refractivity contribution in [2.75, 3.05) is 6.61 Å². The van der Waals surface area contributed by atoms with E-state index in [4.69, 9.17) is 14.2 Å². The molecule has 172 valence electrons. The van der Waals surface area contributed by atoms with Crippen molar-refractivity contribution in [3.05, 3.63) is 41.5 Å². The molecule has 0 bridgehead atoms. The van der Waals surface area contributed by atoms with Gasteiger partial charge in [0.15, 0.2) is 17.3 Å². The molecule has 0 amide bonds. The predicted molar refractivity (Wildman–Crippen MR) is 105 cm³/mol. The van der Waals surface area contributed by atoms with Crippen LogP contribution in [0.2, 0.25) is 0 Å². The lowest BCUT2D eigenvalue weighted by molar-refractivity contribution is -0.277. The lowest BCUT2D eigenvalue weighted by Gasteiger charge is -2.39. The summed E-state index contributed by atoms with van der Waals surface area (Å²) in [5, 5.41) is 69.6. The highest BCUT2D eigenvalue weighted by Crippen LogP contribution is 2.49. The van der Waals surface area contributed by atoms with E-state index in [1.165, 1.54) is 12.1 Å². The van der Waals surface area contributed by atoms with E-state index in [1.807, 2.05) is 0 Å². The maximum Gasteiger partial charge on any atom is 0.229 e. The second-order valence-corrected chi connectivity index (χ2v) is 7.59. The highest BCUT2D eigenvalue weighted by atomic mass is 16.7. The van der Waals surface area contributed by atoms with Gasteiger partial charge in [0.25, 0.3) is 0 Å². The first-order valence-electron chi connectivity index (χ1n) is 9.76. The van der Waals surface area contributed by atoms with Crippen LogP contribution in [-0.2, 0) is 4.74 Å². The van der Waals surface area contributed by atoms with Gasteiger partial charge in [0.05, 0.1) is 13.0 Å². The van der Waals surface area contributed by atoms with Crippen molar-refractivity contribution >= 4 is 5.78 Å². The summed E-state index contributed by atoms with van der Waals surface area (Å²) in [4.78, 5) is 12.8. The first-order chi connectivity index (χ1) is 15.2. The van der Waals surface area contributed by atoms with Gasteiger partial charge in [0.2, 0.25) is 12.0 Å². The summed E-state index contributed by atoms with van der Waals surface area (Å²) in [6.07, 6.45) is -8.94. The minimum atomic E-state index is -1.78. The molecule has 1 fully saturated rings. The summed E-state index contributed by atoms with van der Waals surface area (Å²) < 4.78 is 16.3. The first kappa shape index (κ1) is 22.1. The van der Waals surface area contributed by atoms with Crippen LogP contribution < -0.4 is 9.47 Å². The van der Waals surface area contributed by atoms with Crippen molar-refractivity contribution in [1.29, 1.82) is 0 Å². The van der Waals surface area contributed by atoms with E-state index in [9.17, 15) is 40.5 Å². The molecule has 6 atom stereocenters. The molecule has 0 aromatic heterocycles. The third-order valence-electron chi connectivity index (χ3n) is 5.46. The van der Waals surface area contributed by atoms with Gasteiger partial charge >= 0.3 is 0 Å². The zero-order valence-corrected chi connectivity index (χ0v) is 16.5. The number of aromatic hydroxyl groups is 3. The van der Waals surface area contributed by atoms with E-state index in [2.05, 4.69) is 0 Å². The molecule has 2 aliphatic rings. The maximum absolute atomic E-state index is 12.8. The third kappa shape index (κ3) is 3.80. The van der Waals surface area contributed by atoms with Crippen molar-refractivity contribution < 1.29 is 54.8 Å². The molecular weight excluding hydrogens is 428 g/mol. The number of Topliss-reactive ketones (excluding diaryl/α,β-unsaturated/α-hetero) is 1. The molecule has 11 nitrogen and oxygen atoms in total. The van der Waals surface area contributed by atoms with Crippen LogP contribution in [0.15, 0.2) is 30.3 Å². The molecule has 1 unspecified atom stereocenters. The molecule has 1 saturated heterocycles. The number of benzene rings is 2. The number of hydrogen-bond donors (Lipinski definition) is 7. The Morgan fingerprint density at radius 1 is 1.00 bits per heavy atom. The van der Waals surface area contributed by atoms with Crippen LogP contribution in [-0.4, -0.2) is 78.8 Å². The number of aliphatic hydroxyl groups is 4. The molecule has 0 aliphatic carbocycles. The van der Waals surface area contributed by atoms with Gasteiger partial charge in [-0.25, -0.2) is 0 Å². The smallest absolute Gasteiger partial charge is 0.229 e. The standard InChI is InChI=1S/C21H22O11/c22-7-14-16(26)18(28)19(29)21(31-14)32-20-11(25)6-13-15(17(20)27)10(24)5-12(30-13)8-1-3-9(23)4-2-8/h1-4,6,12,14,16,18-19,21-23,25-29H,5,7H2/t12?,14-,16-,18+,19-,21+/m0/s1. The van der Waals surface area contributed by atoms with Crippen LogP contribution in [0.3, 0.4) is 0 Å². The topological polar surface area (TPSA) is 186 Å². The number of rotatable bonds is 4.